The van der Waals surface area contributed by atoms with Crippen LogP contribution >= 0.6 is 27.5 Å². The van der Waals surface area contributed by atoms with Crippen LogP contribution in [-0.4, -0.2) is 13.0 Å². The molecule has 0 radical (unpaired) electrons. The number of halogens is 2. The summed E-state index contributed by atoms with van der Waals surface area (Å²) >= 11 is 9.26. The Kier molecular flexibility index (Phi) is 5.04. The molecule has 20 heavy (non-hydrogen) atoms. The second-order valence-corrected chi connectivity index (χ2v) is 5.42. The van der Waals surface area contributed by atoms with Crippen molar-refractivity contribution in [3.8, 4) is 5.75 Å². The first-order valence-electron chi connectivity index (χ1n) is 5.96. The lowest BCUT2D eigenvalue weighted by Crippen LogP contribution is -2.22. The molecule has 1 amide bonds. The topological polar surface area (TPSA) is 38.3 Å². The number of carbonyl (C=O) groups is 1. The number of ether oxygens (including phenoxy) is 1. The zero-order chi connectivity index (χ0) is 14.5. The van der Waals surface area contributed by atoms with Gasteiger partial charge in [-0.3, -0.25) is 4.79 Å². The molecule has 5 heteroatoms. The highest BCUT2D eigenvalue weighted by molar-refractivity contribution is 9.10. The van der Waals surface area contributed by atoms with E-state index in [2.05, 4.69) is 21.2 Å². The van der Waals surface area contributed by atoms with Gasteiger partial charge >= 0.3 is 0 Å². The first kappa shape index (κ1) is 14.9. The van der Waals surface area contributed by atoms with E-state index in [1.807, 2.05) is 24.3 Å². The number of hydrogen-bond acceptors (Lipinski definition) is 2. The van der Waals surface area contributed by atoms with Crippen molar-refractivity contribution in [2.45, 2.75) is 6.54 Å². The number of hydrogen-bond donors (Lipinski definition) is 1. The van der Waals surface area contributed by atoms with Gasteiger partial charge in [-0.1, -0.05) is 23.7 Å². The van der Waals surface area contributed by atoms with Crippen molar-refractivity contribution in [3.63, 3.8) is 0 Å². The van der Waals surface area contributed by atoms with Crippen LogP contribution in [0.1, 0.15) is 15.9 Å². The summed E-state index contributed by atoms with van der Waals surface area (Å²) in [4.78, 5) is 12.0. The SMILES string of the molecule is COc1ccc(CNC(=O)c2ccc(Br)c(Cl)c2)cc1. The van der Waals surface area contributed by atoms with E-state index >= 15 is 0 Å². The molecule has 2 aromatic carbocycles. The van der Waals surface area contributed by atoms with Gasteiger partial charge in [0.15, 0.2) is 0 Å². The predicted molar refractivity (Wildman–Crippen MR) is 83.3 cm³/mol. The van der Waals surface area contributed by atoms with E-state index in [1.54, 1.807) is 25.3 Å². The van der Waals surface area contributed by atoms with E-state index in [-0.39, 0.29) is 5.91 Å². The van der Waals surface area contributed by atoms with Crippen molar-refractivity contribution in [3.05, 3.63) is 63.1 Å². The summed E-state index contributed by atoms with van der Waals surface area (Å²) in [6.07, 6.45) is 0. The quantitative estimate of drug-likeness (QED) is 0.900. The second kappa shape index (κ2) is 6.77. The van der Waals surface area contributed by atoms with E-state index in [0.29, 0.717) is 17.1 Å². The first-order valence-corrected chi connectivity index (χ1v) is 7.13. The predicted octanol–water partition coefficient (Wildman–Crippen LogP) is 4.04. The standard InChI is InChI=1S/C15H13BrClNO2/c1-20-12-5-2-10(3-6-12)9-18-15(19)11-4-7-13(16)14(17)8-11/h2-8H,9H2,1H3,(H,18,19). The minimum Gasteiger partial charge on any atom is -0.497 e. The Labute approximate surface area is 131 Å². The highest BCUT2D eigenvalue weighted by Crippen LogP contribution is 2.23. The molecular formula is C15H13BrClNO2. The van der Waals surface area contributed by atoms with Gasteiger partial charge in [0.05, 0.1) is 12.1 Å². The van der Waals surface area contributed by atoms with Crippen LogP contribution in [0.2, 0.25) is 5.02 Å². The molecule has 0 atom stereocenters. The van der Waals surface area contributed by atoms with Crippen molar-refractivity contribution < 1.29 is 9.53 Å². The van der Waals surface area contributed by atoms with Gasteiger partial charge in [-0.2, -0.15) is 0 Å². The largest absolute Gasteiger partial charge is 0.497 e. The van der Waals surface area contributed by atoms with Crippen LogP contribution in [0, 0.1) is 0 Å². The molecule has 2 aromatic rings. The lowest BCUT2D eigenvalue weighted by molar-refractivity contribution is 0.0951. The molecule has 0 saturated carbocycles. The fourth-order valence-corrected chi connectivity index (χ4v) is 2.09. The van der Waals surface area contributed by atoms with Crippen LogP contribution in [0.4, 0.5) is 0 Å². The van der Waals surface area contributed by atoms with Crippen LogP contribution in [0.5, 0.6) is 5.75 Å². The van der Waals surface area contributed by atoms with E-state index < -0.39 is 0 Å². The van der Waals surface area contributed by atoms with Crippen LogP contribution in [0.3, 0.4) is 0 Å². The Morgan fingerprint density at radius 2 is 1.95 bits per heavy atom. The van der Waals surface area contributed by atoms with Gasteiger partial charge in [-0.05, 0) is 51.8 Å². The van der Waals surface area contributed by atoms with E-state index in [0.717, 1.165) is 15.8 Å². The third kappa shape index (κ3) is 3.74. The van der Waals surface area contributed by atoms with Gasteiger partial charge < -0.3 is 10.1 Å². The first-order chi connectivity index (χ1) is 9.60. The number of methoxy groups -OCH3 is 1. The van der Waals surface area contributed by atoms with Crippen molar-refractivity contribution in [1.29, 1.82) is 0 Å². The van der Waals surface area contributed by atoms with E-state index in [9.17, 15) is 4.79 Å². The molecule has 104 valence electrons. The third-order valence-electron chi connectivity index (χ3n) is 2.79. The Hall–Kier alpha value is -1.52. The summed E-state index contributed by atoms with van der Waals surface area (Å²) in [5.74, 6) is 0.634. The monoisotopic (exact) mass is 353 g/mol. The van der Waals surface area contributed by atoms with Crippen LogP contribution in [0.25, 0.3) is 0 Å². The van der Waals surface area contributed by atoms with Crippen molar-refractivity contribution >= 4 is 33.4 Å². The molecule has 0 spiro atoms. The van der Waals surface area contributed by atoms with Gasteiger partial charge in [0.25, 0.3) is 5.91 Å². The van der Waals surface area contributed by atoms with Gasteiger partial charge in [0.2, 0.25) is 0 Å². The highest BCUT2D eigenvalue weighted by Gasteiger charge is 2.07. The van der Waals surface area contributed by atoms with Gasteiger partial charge in [0.1, 0.15) is 5.75 Å². The summed E-state index contributed by atoms with van der Waals surface area (Å²) in [5.41, 5.74) is 1.54. The third-order valence-corrected chi connectivity index (χ3v) is 4.03. The zero-order valence-electron chi connectivity index (χ0n) is 10.8. The van der Waals surface area contributed by atoms with Gasteiger partial charge in [-0.25, -0.2) is 0 Å². The van der Waals surface area contributed by atoms with Crippen molar-refractivity contribution in [2.75, 3.05) is 7.11 Å². The molecule has 0 saturated heterocycles. The lowest BCUT2D eigenvalue weighted by Gasteiger charge is -2.07. The Morgan fingerprint density at radius 3 is 2.55 bits per heavy atom. The molecule has 0 aromatic heterocycles. The summed E-state index contributed by atoms with van der Waals surface area (Å²) < 4.78 is 5.85. The molecule has 0 heterocycles. The van der Waals surface area contributed by atoms with Crippen molar-refractivity contribution in [2.24, 2.45) is 0 Å². The molecule has 0 aliphatic rings. The van der Waals surface area contributed by atoms with Crippen LogP contribution < -0.4 is 10.1 Å². The fraction of sp³-hybridized carbons (Fsp3) is 0.133. The molecule has 0 aliphatic heterocycles. The molecule has 0 aliphatic carbocycles. The smallest absolute Gasteiger partial charge is 0.251 e. The summed E-state index contributed by atoms with van der Waals surface area (Å²) in [6, 6.07) is 12.6. The number of carbonyl (C=O) groups excluding carboxylic acids is 1. The van der Waals surface area contributed by atoms with E-state index in [1.165, 1.54) is 0 Å². The van der Waals surface area contributed by atoms with Crippen LogP contribution in [0.15, 0.2) is 46.9 Å². The molecular weight excluding hydrogens is 342 g/mol. The lowest BCUT2D eigenvalue weighted by atomic mass is 10.2. The van der Waals surface area contributed by atoms with Crippen molar-refractivity contribution in [1.82, 2.24) is 5.32 Å². The molecule has 2 rings (SSSR count). The van der Waals surface area contributed by atoms with Gasteiger partial charge in [-0.15, -0.1) is 0 Å². The summed E-state index contributed by atoms with van der Waals surface area (Å²) in [6.45, 7) is 0.455. The Balaban J connectivity index is 1.98. The maximum atomic E-state index is 12.0. The number of amides is 1. The molecule has 0 unspecified atom stereocenters. The normalized spacial score (nSPS) is 10.2. The zero-order valence-corrected chi connectivity index (χ0v) is 13.2. The number of rotatable bonds is 4. The minimum atomic E-state index is -0.157. The second-order valence-electron chi connectivity index (χ2n) is 4.16. The summed E-state index contributed by atoms with van der Waals surface area (Å²) in [7, 11) is 1.62. The van der Waals surface area contributed by atoms with Crippen LogP contribution in [-0.2, 0) is 6.54 Å². The highest BCUT2D eigenvalue weighted by atomic mass is 79.9. The van der Waals surface area contributed by atoms with Gasteiger partial charge in [0, 0.05) is 16.6 Å². The molecule has 3 nitrogen and oxygen atoms in total. The Morgan fingerprint density at radius 1 is 1.25 bits per heavy atom. The fourth-order valence-electron chi connectivity index (χ4n) is 1.67. The Bertz CT molecular complexity index is 614. The summed E-state index contributed by atoms with van der Waals surface area (Å²) in [5, 5.41) is 3.36. The average molecular weight is 355 g/mol. The maximum absolute atomic E-state index is 12.0. The molecule has 0 fully saturated rings. The molecule has 0 bridgehead atoms. The minimum absolute atomic E-state index is 0.157. The number of nitrogens with one attached hydrogen (secondary N) is 1. The maximum Gasteiger partial charge on any atom is 0.251 e. The molecule has 1 N–H and O–H groups in total. The van der Waals surface area contributed by atoms with E-state index in [4.69, 9.17) is 16.3 Å². The average Bonchev–Trinajstić information content (AvgIpc) is 2.48. The number of benzene rings is 2.